The number of para-hydroxylation sites is 1. The zero-order chi connectivity index (χ0) is 31.3. The first-order valence-electron chi connectivity index (χ1n) is 17.1. The Bertz CT molecular complexity index is 2700. The minimum absolute atomic E-state index is 0.0130. The van der Waals surface area contributed by atoms with E-state index in [9.17, 15) is 0 Å². The fourth-order valence-corrected chi connectivity index (χ4v) is 9.12. The highest BCUT2D eigenvalue weighted by Crippen LogP contribution is 2.56. The smallest absolute Gasteiger partial charge is 0.143 e. The first-order chi connectivity index (χ1) is 23.2. The Balaban J connectivity index is 1.39. The first kappa shape index (κ1) is 26.8. The van der Waals surface area contributed by atoms with Crippen molar-refractivity contribution in [3.05, 3.63) is 139 Å². The molecule has 7 aromatic carbocycles. The van der Waals surface area contributed by atoms with Crippen molar-refractivity contribution in [2.75, 3.05) is 0 Å². The van der Waals surface area contributed by atoms with E-state index in [0.29, 0.717) is 0 Å². The van der Waals surface area contributed by atoms with Gasteiger partial charge >= 0.3 is 0 Å². The van der Waals surface area contributed by atoms with Gasteiger partial charge < -0.3 is 8.98 Å². The van der Waals surface area contributed by atoms with Gasteiger partial charge in [0.1, 0.15) is 11.2 Å². The predicted molar refractivity (Wildman–Crippen MR) is 199 cm³/mol. The lowest BCUT2D eigenvalue weighted by molar-refractivity contribution is 0.436. The van der Waals surface area contributed by atoms with Gasteiger partial charge in [-0.1, -0.05) is 99.5 Å². The normalized spacial score (nSPS) is 13.8. The maximum absolute atomic E-state index is 6.71. The molecule has 0 amide bonds. The number of aromatic nitrogens is 1. The number of hydrogen-bond donors (Lipinski definition) is 0. The second-order valence-corrected chi connectivity index (χ2v) is 13.5. The molecule has 0 fully saturated rings. The number of nitrogens with zero attached hydrogens (tertiary/aromatic N) is 1. The second kappa shape index (κ2) is 9.83. The SMILES string of the molecule is CCCC1(CCC)c2cc3ccccc3cc2-c2cc3c4ccc5oc6c7ccccc7ccc6c5c4n(-c4ccccc4)c3cc21. The number of rotatable bonds is 5. The summed E-state index contributed by atoms with van der Waals surface area (Å²) in [6.45, 7) is 4.69. The Hall–Kier alpha value is -5.34. The van der Waals surface area contributed by atoms with Crippen LogP contribution in [0.1, 0.15) is 50.7 Å². The average molecular weight is 606 g/mol. The molecule has 1 aliphatic carbocycles. The minimum Gasteiger partial charge on any atom is -0.455 e. The third-order valence-corrected chi connectivity index (χ3v) is 11.0. The summed E-state index contributed by atoms with van der Waals surface area (Å²) >= 11 is 0. The van der Waals surface area contributed by atoms with Crippen LogP contribution in [0.5, 0.6) is 0 Å². The van der Waals surface area contributed by atoms with Gasteiger partial charge in [0, 0.05) is 32.6 Å². The molecule has 0 saturated carbocycles. The van der Waals surface area contributed by atoms with Gasteiger partial charge in [0.15, 0.2) is 0 Å². The molecule has 0 bridgehead atoms. The van der Waals surface area contributed by atoms with Gasteiger partial charge in [-0.3, -0.25) is 0 Å². The van der Waals surface area contributed by atoms with E-state index < -0.39 is 0 Å². The van der Waals surface area contributed by atoms with Crippen LogP contribution in [0.2, 0.25) is 0 Å². The lowest BCUT2D eigenvalue weighted by Crippen LogP contribution is -2.25. The fraction of sp³-hybridized carbons (Fsp3) is 0.156. The molecule has 0 N–H and O–H groups in total. The molecule has 0 radical (unpaired) electrons. The fourth-order valence-electron chi connectivity index (χ4n) is 9.12. The highest BCUT2D eigenvalue weighted by atomic mass is 16.3. The van der Waals surface area contributed by atoms with Crippen LogP contribution < -0.4 is 0 Å². The van der Waals surface area contributed by atoms with E-state index in [1.54, 1.807) is 0 Å². The standard InChI is InChI=1S/C45H35NO/c1-3-22-45(23-4-2)38-25-30-14-9-8-13-29(30)24-35(38)36-26-37-33-20-21-41-42(34-19-18-28-12-10-11-17-32(28)44(34)47-41)43(33)46(40(37)27-39(36)45)31-15-6-5-7-16-31/h5-21,24-27H,3-4,22-23H2,1-2H3. The van der Waals surface area contributed by atoms with E-state index in [2.05, 4.69) is 146 Å². The van der Waals surface area contributed by atoms with Crippen LogP contribution in [0, 0.1) is 0 Å². The van der Waals surface area contributed by atoms with Crippen LogP contribution >= 0.6 is 0 Å². The molecule has 1 aliphatic rings. The molecule has 2 aromatic heterocycles. The summed E-state index contributed by atoms with van der Waals surface area (Å²) in [7, 11) is 0. The molecule has 0 spiro atoms. The van der Waals surface area contributed by atoms with Crippen molar-refractivity contribution in [3.8, 4) is 16.8 Å². The van der Waals surface area contributed by atoms with Crippen molar-refractivity contribution >= 4 is 65.3 Å². The van der Waals surface area contributed by atoms with Crippen LogP contribution in [0.4, 0.5) is 0 Å². The lowest BCUT2D eigenvalue weighted by Gasteiger charge is -2.32. The lowest BCUT2D eigenvalue weighted by atomic mass is 9.71. The number of fused-ring (bicyclic) bond motifs is 13. The van der Waals surface area contributed by atoms with Crippen LogP contribution in [0.25, 0.3) is 82.1 Å². The highest BCUT2D eigenvalue weighted by Gasteiger charge is 2.42. The third-order valence-electron chi connectivity index (χ3n) is 11.0. The van der Waals surface area contributed by atoms with Crippen LogP contribution in [-0.4, -0.2) is 4.57 Å². The van der Waals surface area contributed by atoms with Gasteiger partial charge in [-0.05, 0) is 106 Å². The third kappa shape index (κ3) is 3.56. The molecule has 0 atom stereocenters. The van der Waals surface area contributed by atoms with Gasteiger partial charge in [0.05, 0.1) is 16.4 Å². The summed E-state index contributed by atoms with van der Waals surface area (Å²) < 4.78 is 9.22. The topological polar surface area (TPSA) is 18.1 Å². The number of furan rings is 1. The van der Waals surface area contributed by atoms with Crippen molar-refractivity contribution in [2.24, 2.45) is 0 Å². The summed E-state index contributed by atoms with van der Waals surface area (Å²) in [6, 6.07) is 47.4. The van der Waals surface area contributed by atoms with Crippen molar-refractivity contribution < 1.29 is 4.42 Å². The molecule has 47 heavy (non-hydrogen) atoms. The zero-order valence-corrected chi connectivity index (χ0v) is 26.8. The molecule has 2 heteroatoms. The summed E-state index contributed by atoms with van der Waals surface area (Å²) in [5.41, 5.74) is 11.3. The molecule has 2 nitrogen and oxygen atoms in total. The first-order valence-corrected chi connectivity index (χ1v) is 17.1. The van der Waals surface area contributed by atoms with Crippen molar-refractivity contribution in [3.63, 3.8) is 0 Å². The van der Waals surface area contributed by atoms with Gasteiger partial charge in [-0.2, -0.15) is 0 Å². The molecule has 10 rings (SSSR count). The van der Waals surface area contributed by atoms with E-state index in [1.807, 2.05) is 0 Å². The Morgan fingerprint density at radius 3 is 2.00 bits per heavy atom. The zero-order valence-electron chi connectivity index (χ0n) is 26.8. The number of hydrogen-bond acceptors (Lipinski definition) is 1. The van der Waals surface area contributed by atoms with E-state index in [0.717, 1.165) is 42.2 Å². The Morgan fingerprint density at radius 1 is 0.553 bits per heavy atom. The molecule has 0 aliphatic heterocycles. The average Bonchev–Trinajstić information content (AvgIpc) is 3.73. The monoisotopic (exact) mass is 605 g/mol. The van der Waals surface area contributed by atoms with Crippen molar-refractivity contribution in [1.29, 1.82) is 0 Å². The summed E-state index contributed by atoms with van der Waals surface area (Å²) in [5, 5.41) is 9.91. The molecular formula is C45H35NO. The predicted octanol–water partition coefficient (Wildman–Crippen LogP) is 12.9. The van der Waals surface area contributed by atoms with Crippen molar-refractivity contribution in [2.45, 2.75) is 44.9 Å². The van der Waals surface area contributed by atoms with E-state index in [4.69, 9.17) is 4.42 Å². The van der Waals surface area contributed by atoms with Gasteiger partial charge in [0.2, 0.25) is 0 Å². The summed E-state index contributed by atoms with van der Waals surface area (Å²) in [6.07, 6.45) is 4.56. The van der Waals surface area contributed by atoms with Crippen LogP contribution in [0.15, 0.2) is 132 Å². The molecule has 9 aromatic rings. The Kier molecular flexibility index (Phi) is 5.61. The molecule has 2 heterocycles. The Morgan fingerprint density at radius 2 is 1.21 bits per heavy atom. The quantitative estimate of drug-likeness (QED) is 0.191. The van der Waals surface area contributed by atoms with E-state index in [1.165, 1.54) is 76.7 Å². The molecular weight excluding hydrogens is 571 g/mol. The highest BCUT2D eigenvalue weighted by molar-refractivity contribution is 6.27. The molecule has 226 valence electrons. The Labute approximate surface area is 273 Å². The van der Waals surface area contributed by atoms with Crippen LogP contribution in [0.3, 0.4) is 0 Å². The largest absolute Gasteiger partial charge is 0.455 e. The van der Waals surface area contributed by atoms with Crippen molar-refractivity contribution in [1.82, 2.24) is 4.57 Å². The summed E-state index contributed by atoms with van der Waals surface area (Å²) in [5.74, 6) is 0. The van der Waals surface area contributed by atoms with Gasteiger partial charge in [-0.15, -0.1) is 0 Å². The maximum atomic E-state index is 6.71. The van der Waals surface area contributed by atoms with E-state index >= 15 is 0 Å². The van der Waals surface area contributed by atoms with E-state index in [-0.39, 0.29) is 5.41 Å². The second-order valence-electron chi connectivity index (χ2n) is 13.5. The summed E-state index contributed by atoms with van der Waals surface area (Å²) in [4.78, 5) is 0. The molecule has 0 unspecified atom stereocenters. The van der Waals surface area contributed by atoms with Crippen LogP contribution in [-0.2, 0) is 5.41 Å². The maximum Gasteiger partial charge on any atom is 0.143 e. The van der Waals surface area contributed by atoms with Gasteiger partial charge in [0.25, 0.3) is 0 Å². The number of benzene rings is 7. The minimum atomic E-state index is -0.0130. The molecule has 0 saturated heterocycles. The van der Waals surface area contributed by atoms with Gasteiger partial charge in [-0.25, -0.2) is 0 Å².